The fraction of sp³-hybridized carbons (Fsp3) is 1.00. The normalized spacial score (nSPS) is 48.0. The molecule has 16 heavy (non-hydrogen) atoms. The van der Waals surface area contributed by atoms with E-state index >= 15 is 0 Å². The van der Waals surface area contributed by atoms with Gasteiger partial charge in [0.1, 0.15) is 0 Å². The third-order valence-electron chi connectivity index (χ3n) is 5.81. The lowest BCUT2D eigenvalue weighted by atomic mass is 9.77. The number of fused-ring (bicyclic) bond motifs is 1. The topological polar surface area (TPSA) is 12.0 Å². The van der Waals surface area contributed by atoms with Gasteiger partial charge in [-0.1, -0.05) is 34.6 Å². The van der Waals surface area contributed by atoms with E-state index in [4.69, 9.17) is 0 Å². The van der Waals surface area contributed by atoms with Gasteiger partial charge in [-0.05, 0) is 54.9 Å². The van der Waals surface area contributed by atoms with Crippen molar-refractivity contribution in [1.82, 2.24) is 5.32 Å². The summed E-state index contributed by atoms with van der Waals surface area (Å²) in [6.07, 6.45) is 1.46. The van der Waals surface area contributed by atoms with Gasteiger partial charge in [0.05, 0.1) is 0 Å². The van der Waals surface area contributed by atoms with Crippen LogP contribution in [0.25, 0.3) is 0 Å². The van der Waals surface area contributed by atoms with Crippen molar-refractivity contribution in [3.8, 4) is 0 Å². The fourth-order valence-corrected chi connectivity index (χ4v) is 4.49. The van der Waals surface area contributed by atoms with E-state index in [1.165, 1.54) is 13.0 Å². The molecule has 2 unspecified atom stereocenters. The highest BCUT2D eigenvalue weighted by atomic mass is 15.0. The van der Waals surface area contributed by atoms with E-state index in [1.807, 2.05) is 0 Å². The summed E-state index contributed by atoms with van der Waals surface area (Å²) in [4.78, 5) is 0. The molecule has 0 spiro atoms. The third-order valence-corrected chi connectivity index (χ3v) is 5.81. The fourth-order valence-electron chi connectivity index (χ4n) is 4.49. The molecule has 1 aliphatic carbocycles. The molecular formula is C15H29N. The zero-order valence-corrected chi connectivity index (χ0v) is 11.9. The molecule has 94 valence electrons. The first-order valence-corrected chi connectivity index (χ1v) is 7.14. The Morgan fingerprint density at radius 3 is 2.25 bits per heavy atom. The largest absolute Gasteiger partial charge is 0.313 e. The van der Waals surface area contributed by atoms with Crippen molar-refractivity contribution in [2.45, 2.75) is 54.0 Å². The molecule has 1 nitrogen and oxygen atoms in total. The molecule has 5 atom stereocenters. The van der Waals surface area contributed by atoms with Crippen LogP contribution in [0, 0.1) is 35.0 Å². The lowest BCUT2D eigenvalue weighted by Gasteiger charge is -2.28. The Balaban J connectivity index is 2.20. The second-order valence-corrected chi connectivity index (χ2v) is 6.97. The molecule has 2 fully saturated rings. The first kappa shape index (κ1) is 12.4. The van der Waals surface area contributed by atoms with E-state index in [9.17, 15) is 0 Å². The van der Waals surface area contributed by atoms with Gasteiger partial charge < -0.3 is 5.32 Å². The van der Waals surface area contributed by atoms with Crippen LogP contribution >= 0.6 is 0 Å². The van der Waals surface area contributed by atoms with Crippen molar-refractivity contribution < 1.29 is 0 Å². The highest BCUT2D eigenvalue weighted by molar-refractivity contribution is 5.13. The average Bonchev–Trinajstić information content (AvgIpc) is 2.92. The quantitative estimate of drug-likeness (QED) is 0.755. The summed E-state index contributed by atoms with van der Waals surface area (Å²) in [5.74, 6) is 4.40. The summed E-state index contributed by atoms with van der Waals surface area (Å²) < 4.78 is 0. The molecule has 0 amide bonds. The van der Waals surface area contributed by atoms with Gasteiger partial charge in [0.2, 0.25) is 0 Å². The minimum atomic E-state index is 0.614. The Bertz CT molecular complexity index is 258. The highest BCUT2D eigenvalue weighted by Gasteiger charge is 2.62. The van der Waals surface area contributed by atoms with Crippen LogP contribution in [0.5, 0.6) is 0 Å². The van der Waals surface area contributed by atoms with Crippen LogP contribution < -0.4 is 5.32 Å². The molecule has 0 bridgehead atoms. The van der Waals surface area contributed by atoms with E-state index in [0.717, 1.165) is 29.6 Å². The molecule has 0 aromatic heterocycles. The van der Waals surface area contributed by atoms with E-state index in [0.29, 0.717) is 11.5 Å². The van der Waals surface area contributed by atoms with Crippen molar-refractivity contribution >= 4 is 0 Å². The van der Waals surface area contributed by atoms with E-state index in [1.54, 1.807) is 0 Å². The zero-order valence-electron chi connectivity index (χ0n) is 11.9. The summed E-state index contributed by atoms with van der Waals surface area (Å²) in [6.45, 7) is 15.7. The van der Waals surface area contributed by atoms with Crippen LogP contribution in [-0.4, -0.2) is 12.6 Å². The van der Waals surface area contributed by atoms with Crippen molar-refractivity contribution in [1.29, 1.82) is 0 Å². The third kappa shape index (κ3) is 1.63. The molecule has 0 aromatic rings. The van der Waals surface area contributed by atoms with Gasteiger partial charge in [0.25, 0.3) is 0 Å². The van der Waals surface area contributed by atoms with E-state index in [2.05, 4.69) is 46.9 Å². The lowest BCUT2D eigenvalue weighted by molar-refractivity contribution is 0.221. The summed E-state index contributed by atoms with van der Waals surface area (Å²) in [5, 5.41) is 3.82. The van der Waals surface area contributed by atoms with Gasteiger partial charge in [0.15, 0.2) is 0 Å². The molecular weight excluding hydrogens is 194 g/mol. The Morgan fingerprint density at radius 2 is 1.75 bits per heavy atom. The first-order chi connectivity index (χ1) is 7.41. The summed E-state index contributed by atoms with van der Waals surface area (Å²) >= 11 is 0. The van der Waals surface area contributed by atoms with Gasteiger partial charge >= 0.3 is 0 Å². The molecule has 1 saturated carbocycles. The van der Waals surface area contributed by atoms with Crippen LogP contribution in [-0.2, 0) is 0 Å². The maximum atomic E-state index is 3.82. The van der Waals surface area contributed by atoms with Crippen LogP contribution in [0.2, 0.25) is 0 Å². The van der Waals surface area contributed by atoms with Gasteiger partial charge in [-0.3, -0.25) is 0 Å². The van der Waals surface area contributed by atoms with Gasteiger partial charge in [-0.15, -0.1) is 0 Å². The Morgan fingerprint density at radius 1 is 1.12 bits per heavy atom. The van der Waals surface area contributed by atoms with Crippen LogP contribution in [0.15, 0.2) is 0 Å². The van der Waals surface area contributed by atoms with Crippen LogP contribution in [0.1, 0.15) is 48.0 Å². The van der Waals surface area contributed by atoms with E-state index < -0.39 is 0 Å². The molecule has 1 saturated heterocycles. The van der Waals surface area contributed by atoms with Gasteiger partial charge in [-0.25, -0.2) is 0 Å². The van der Waals surface area contributed by atoms with Crippen molar-refractivity contribution in [3.05, 3.63) is 0 Å². The Kier molecular flexibility index (Phi) is 3.11. The number of hydrogen-bond acceptors (Lipinski definition) is 1. The number of nitrogens with one attached hydrogen (secondary N) is 1. The molecule has 0 aromatic carbocycles. The zero-order chi connectivity index (χ0) is 12.1. The molecule has 1 N–H and O–H groups in total. The molecule has 0 radical (unpaired) electrons. The summed E-state index contributed by atoms with van der Waals surface area (Å²) in [6, 6.07) is 0.712. The summed E-state index contributed by atoms with van der Waals surface area (Å²) in [7, 11) is 0. The maximum absolute atomic E-state index is 3.82. The smallest absolute Gasteiger partial charge is 0.0101 e. The summed E-state index contributed by atoms with van der Waals surface area (Å²) in [5.41, 5.74) is 0.614. The van der Waals surface area contributed by atoms with Crippen molar-refractivity contribution in [2.75, 3.05) is 6.54 Å². The van der Waals surface area contributed by atoms with Crippen molar-refractivity contribution in [3.63, 3.8) is 0 Å². The standard InChI is InChI=1S/C15H29N/c1-9(2)13-8-16-12(6)15(10(3)4)7-14(15)11(13)5/h9-14,16H,7-8H2,1-6H3/t11-,12+,13?,14+,15?/m0/s1. The number of rotatable bonds is 2. The Hall–Kier alpha value is -0.0400. The molecule has 2 aliphatic rings. The molecule has 1 heteroatoms. The van der Waals surface area contributed by atoms with Gasteiger partial charge in [0, 0.05) is 6.04 Å². The second-order valence-electron chi connectivity index (χ2n) is 6.97. The van der Waals surface area contributed by atoms with Crippen LogP contribution in [0.4, 0.5) is 0 Å². The van der Waals surface area contributed by atoms with Gasteiger partial charge in [-0.2, -0.15) is 0 Å². The minimum absolute atomic E-state index is 0.614. The Labute approximate surface area is 101 Å². The maximum Gasteiger partial charge on any atom is 0.0101 e. The second kappa shape index (κ2) is 4.01. The van der Waals surface area contributed by atoms with Crippen LogP contribution in [0.3, 0.4) is 0 Å². The first-order valence-electron chi connectivity index (χ1n) is 7.14. The van der Waals surface area contributed by atoms with Crippen molar-refractivity contribution in [2.24, 2.45) is 35.0 Å². The highest BCUT2D eigenvalue weighted by Crippen LogP contribution is 2.65. The average molecular weight is 223 g/mol. The minimum Gasteiger partial charge on any atom is -0.313 e. The predicted octanol–water partition coefficient (Wildman–Crippen LogP) is 3.55. The van der Waals surface area contributed by atoms with E-state index in [-0.39, 0.29) is 0 Å². The SMILES string of the molecule is CC(C)C1CN[C@H](C)C2(C(C)C)C[C@@H]2[C@H]1C. The number of hydrogen-bond donors (Lipinski definition) is 1. The lowest BCUT2D eigenvalue weighted by Crippen LogP contribution is -2.39. The predicted molar refractivity (Wildman–Crippen MR) is 70.3 cm³/mol. The molecule has 1 heterocycles. The molecule has 2 rings (SSSR count). The molecule has 1 aliphatic heterocycles. The monoisotopic (exact) mass is 223 g/mol.